The van der Waals surface area contributed by atoms with Crippen LogP contribution >= 0.6 is 31.9 Å². The van der Waals surface area contributed by atoms with Gasteiger partial charge < -0.3 is 9.84 Å². The number of rotatable bonds is 4. The van der Waals surface area contributed by atoms with Crippen LogP contribution in [0.15, 0.2) is 57.5 Å². The molecule has 0 aliphatic heterocycles. The van der Waals surface area contributed by atoms with Gasteiger partial charge in [0.25, 0.3) is 0 Å². The summed E-state index contributed by atoms with van der Waals surface area (Å²) in [5.41, 5.74) is 0.602. The van der Waals surface area contributed by atoms with Crippen molar-refractivity contribution in [1.29, 1.82) is 0 Å². The number of carboxylic acids is 1. The third-order valence-electron chi connectivity index (χ3n) is 2.47. The van der Waals surface area contributed by atoms with Crippen molar-refractivity contribution in [2.45, 2.75) is 6.10 Å². The van der Waals surface area contributed by atoms with E-state index < -0.39 is 12.1 Å². The smallest absolute Gasteiger partial charge is 0.349 e. The molecule has 3 nitrogen and oxygen atoms in total. The highest BCUT2D eigenvalue weighted by Crippen LogP contribution is 2.31. The summed E-state index contributed by atoms with van der Waals surface area (Å²) in [5.74, 6) is -0.541. The summed E-state index contributed by atoms with van der Waals surface area (Å²) in [6, 6.07) is 14.2. The fourth-order valence-electron chi connectivity index (χ4n) is 1.59. The molecule has 0 aliphatic carbocycles. The van der Waals surface area contributed by atoms with Gasteiger partial charge in [0.1, 0.15) is 5.75 Å². The third-order valence-corrected chi connectivity index (χ3v) is 3.58. The first-order valence-corrected chi connectivity index (χ1v) is 7.06. The molecule has 0 radical (unpaired) electrons. The minimum absolute atomic E-state index is 0.486. The Morgan fingerprint density at radius 1 is 1.11 bits per heavy atom. The van der Waals surface area contributed by atoms with E-state index in [1.807, 2.05) is 6.07 Å². The van der Waals surface area contributed by atoms with E-state index in [0.717, 1.165) is 4.47 Å². The van der Waals surface area contributed by atoms with Crippen LogP contribution in [0, 0.1) is 0 Å². The highest BCUT2D eigenvalue weighted by molar-refractivity contribution is 9.11. The number of carboxylic acid groups (broad SMARTS) is 1. The van der Waals surface area contributed by atoms with Crippen LogP contribution < -0.4 is 4.74 Å². The van der Waals surface area contributed by atoms with Crippen LogP contribution in [0.5, 0.6) is 5.75 Å². The molecule has 0 amide bonds. The van der Waals surface area contributed by atoms with Crippen molar-refractivity contribution in [1.82, 2.24) is 0 Å². The number of benzene rings is 2. The van der Waals surface area contributed by atoms with Gasteiger partial charge >= 0.3 is 5.97 Å². The molecule has 0 aliphatic rings. The Labute approximate surface area is 127 Å². The van der Waals surface area contributed by atoms with Gasteiger partial charge in [0.2, 0.25) is 6.10 Å². The van der Waals surface area contributed by atoms with Crippen LogP contribution in [0.25, 0.3) is 0 Å². The third kappa shape index (κ3) is 3.58. The van der Waals surface area contributed by atoms with Crippen LogP contribution in [-0.2, 0) is 4.79 Å². The molecule has 0 saturated carbocycles. The largest absolute Gasteiger partial charge is 0.478 e. The maximum atomic E-state index is 11.3. The molecule has 19 heavy (non-hydrogen) atoms. The summed E-state index contributed by atoms with van der Waals surface area (Å²) >= 11 is 6.68. The van der Waals surface area contributed by atoms with E-state index in [1.54, 1.807) is 42.5 Å². The van der Waals surface area contributed by atoms with Crippen LogP contribution in [0.4, 0.5) is 0 Å². The lowest BCUT2D eigenvalue weighted by atomic mass is 10.1. The molecular weight excluding hydrogens is 376 g/mol. The first kappa shape index (κ1) is 14.1. The summed E-state index contributed by atoms with van der Waals surface area (Å²) in [6.45, 7) is 0. The number of aliphatic carboxylic acids is 1. The molecule has 1 atom stereocenters. The number of carbonyl (C=O) groups is 1. The SMILES string of the molecule is O=C(O)C(Oc1ccc(Br)cc1Br)c1ccccc1. The number of halogens is 2. The van der Waals surface area contributed by atoms with Crippen molar-refractivity contribution in [2.75, 3.05) is 0 Å². The van der Waals surface area contributed by atoms with Crippen molar-refractivity contribution >= 4 is 37.8 Å². The maximum absolute atomic E-state index is 11.3. The molecule has 0 bridgehead atoms. The molecule has 5 heteroatoms. The second kappa shape index (κ2) is 6.21. The van der Waals surface area contributed by atoms with E-state index in [0.29, 0.717) is 15.8 Å². The van der Waals surface area contributed by atoms with Gasteiger partial charge in [-0.3, -0.25) is 0 Å². The van der Waals surface area contributed by atoms with E-state index in [1.165, 1.54) is 0 Å². The molecule has 2 aromatic carbocycles. The molecule has 1 N–H and O–H groups in total. The normalized spacial score (nSPS) is 11.9. The van der Waals surface area contributed by atoms with Crippen molar-refractivity contribution < 1.29 is 14.6 Å². The number of hydrogen-bond donors (Lipinski definition) is 1. The van der Waals surface area contributed by atoms with E-state index in [-0.39, 0.29) is 0 Å². The quantitative estimate of drug-likeness (QED) is 0.847. The van der Waals surface area contributed by atoms with Gasteiger partial charge in [0.05, 0.1) is 4.47 Å². The zero-order chi connectivity index (χ0) is 13.8. The van der Waals surface area contributed by atoms with Gasteiger partial charge in [0, 0.05) is 10.0 Å². The molecule has 0 fully saturated rings. The average Bonchev–Trinajstić information content (AvgIpc) is 2.38. The second-order valence-corrected chi connectivity index (χ2v) is 5.59. The zero-order valence-corrected chi connectivity index (χ0v) is 12.9. The van der Waals surface area contributed by atoms with Gasteiger partial charge in [-0.1, -0.05) is 46.3 Å². The summed E-state index contributed by atoms with van der Waals surface area (Å²) in [6.07, 6.45) is -1.03. The summed E-state index contributed by atoms with van der Waals surface area (Å²) < 4.78 is 7.17. The van der Waals surface area contributed by atoms with Crippen molar-refractivity contribution in [2.24, 2.45) is 0 Å². The summed E-state index contributed by atoms with van der Waals surface area (Å²) in [5, 5.41) is 9.28. The predicted octanol–water partition coefficient (Wildman–Crippen LogP) is 4.42. The maximum Gasteiger partial charge on any atom is 0.349 e. The minimum Gasteiger partial charge on any atom is -0.478 e. The highest BCUT2D eigenvalue weighted by atomic mass is 79.9. The lowest BCUT2D eigenvalue weighted by Crippen LogP contribution is -2.18. The monoisotopic (exact) mass is 384 g/mol. The van der Waals surface area contributed by atoms with Crippen molar-refractivity contribution in [3.8, 4) is 5.75 Å². The van der Waals surface area contributed by atoms with E-state index in [9.17, 15) is 9.90 Å². The Morgan fingerprint density at radius 3 is 2.37 bits per heavy atom. The van der Waals surface area contributed by atoms with E-state index >= 15 is 0 Å². The summed E-state index contributed by atoms with van der Waals surface area (Å²) in [4.78, 5) is 11.3. The van der Waals surface area contributed by atoms with Crippen molar-refractivity contribution in [3.05, 3.63) is 63.0 Å². The molecule has 0 saturated heterocycles. The Morgan fingerprint density at radius 2 is 1.79 bits per heavy atom. The first-order chi connectivity index (χ1) is 9.08. The number of ether oxygens (including phenoxy) is 1. The molecule has 2 rings (SSSR count). The van der Waals surface area contributed by atoms with E-state index in [4.69, 9.17) is 4.74 Å². The Bertz CT molecular complexity index is 584. The number of hydrogen-bond acceptors (Lipinski definition) is 2. The van der Waals surface area contributed by atoms with Gasteiger partial charge in [-0.05, 0) is 34.1 Å². The fourth-order valence-corrected chi connectivity index (χ4v) is 2.73. The van der Waals surface area contributed by atoms with Gasteiger partial charge in [-0.25, -0.2) is 4.79 Å². The molecule has 0 spiro atoms. The molecule has 0 aromatic heterocycles. The van der Waals surface area contributed by atoms with Crippen molar-refractivity contribution in [3.63, 3.8) is 0 Å². The van der Waals surface area contributed by atoms with Crippen LogP contribution in [0.3, 0.4) is 0 Å². The fraction of sp³-hybridized carbons (Fsp3) is 0.0714. The zero-order valence-electron chi connectivity index (χ0n) is 9.72. The first-order valence-electron chi connectivity index (χ1n) is 5.47. The predicted molar refractivity (Wildman–Crippen MR) is 79.3 cm³/mol. The Balaban J connectivity index is 2.29. The lowest BCUT2D eigenvalue weighted by Gasteiger charge is -2.16. The molecule has 98 valence electrons. The van der Waals surface area contributed by atoms with Gasteiger partial charge in [0.15, 0.2) is 0 Å². The standard InChI is InChI=1S/C14H10Br2O3/c15-10-6-7-12(11(16)8-10)19-13(14(17)18)9-4-2-1-3-5-9/h1-8,13H,(H,17,18). The lowest BCUT2D eigenvalue weighted by molar-refractivity contribution is -0.145. The molecule has 2 aromatic rings. The average molecular weight is 386 g/mol. The highest BCUT2D eigenvalue weighted by Gasteiger charge is 2.22. The summed E-state index contributed by atoms with van der Waals surface area (Å²) in [7, 11) is 0. The molecule has 0 heterocycles. The molecular formula is C14H10Br2O3. The second-order valence-electron chi connectivity index (χ2n) is 3.82. The minimum atomic E-state index is -1.03. The van der Waals surface area contributed by atoms with Gasteiger partial charge in [-0.15, -0.1) is 0 Å². The van der Waals surface area contributed by atoms with Crippen LogP contribution in [-0.4, -0.2) is 11.1 Å². The molecule has 1 unspecified atom stereocenters. The topological polar surface area (TPSA) is 46.5 Å². The van der Waals surface area contributed by atoms with Crippen LogP contribution in [0.1, 0.15) is 11.7 Å². The Kier molecular flexibility index (Phi) is 4.61. The van der Waals surface area contributed by atoms with Gasteiger partial charge in [-0.2, -0.15) is 0 Å². The van der Waals surface area contributed by atoms with Crippen LogP contribution in [0.2, 0.25) is 0 Å². The van der Waals surface area contributed by atoms with E-state index in [2.05, 4.69) is 31.9 Å². The Hall–Kier alpha value is -1.33.